The molecule has 0 spiro atoms. The normalized spacial score (nSPS) is 11.9. The van der Waals surface area contributed by atoms with Crippen LogP contribution in [0.25, 0.3) is 0 Å². The Morgan fingerprint density at radius 2 is 1.75 bits per heavy atom. The third-order valence-corrected chi connectivity index (χ3v) is 5.12. The van der Waals surface area contributed by atoms with Gasteiger partial charge in [0, 0.05) is 12.6 Å². The third-order valence-electron chi connectivity index (χ3n) is 4.10. The number of halogens is 1. The number of methoxy groups -OCH3 is 1. The predicted octanol–water partition coefficient (Wildman–Crippen LogP) is 4.08. The van der Waals surface area contributed by atoms with Gasteiger partial charge in [-0.25, -0.2) is 4.39 Å². The molecule has 0 aliphatic carbocycles. The molecule has 1 aromatic heterocycles. The number of nitrogens with zero attached hydrogens (tertiary/aromatic N) is 3. The zero-order chi connectivity index (χ0) is 20.1. The number of hydrogen-bond donors (Lipinski definition) is 0. The van der Waals surface area contributed by atoms with Gasteiger partial charge in [-0.05, 0) is 55.5 Å². The van der Waals surface area contributed by atoms with Crippen molar-refractivity contribution in [3.05, 3.63) is 65.7 Å². The van der Waals surface area contributed by atoms with Crippen molar-refractivity contribution in [1.82, 2.24) is 14.8 Å². The third kappa shape index (κ3) is 4.69. The van der Waals surface area contributed by atoms with Crippen molar-refractivity contribution in [3.8, 4) is 11.5 Å². The summed E-state index contributed by atoms with van der Waals surface area (Å²) in [4.78, 5) is 12.2. The zero-order valence-corrected chi connectivity index (χ0v) is 16.6. The van der Waals surface area contributed by atoms with Gasteiger partial charge >= 0.3 is 0 Å². The number of Topliss-reactive ketones (excluding diaryl/α,β-unsaturated/α-hetero) is 1. The first kappa shape index (κ1) is 19.9. The number of benzene rings is 2. The summed E-state index contributed by atoms with van der Waals surface area (Å²) < 4.78 is 25.8. The van der Waals surface area contributed by atoms with E-state index in [4.69, 9.17) is 9.47 Å². The van der Waals surface area contributed by atoms with Crippen molar-refractivity contribution < 1.29 is 18.7 Å². The highest BCUT2D eigenvalue weighted by Gasteiger charge is 2.18. The Morgan fingerprint density at radius 3 is 2.39 bits per heavy atom. The number of ketones is 1. The Hall–Kier alpha value is -2.87. The molecule has 0 amide bonds. The van der Waals surface area contributed by atoms with E-state index in [0.29, 0.717) is 22.3 Å². The van der Waals surface area contributed by atoms with Crippen molar-refractivity contribution in [3.63, 3.8) is 0 Å². The van der Waals surface area contributed by atoms with E-state index in [1.54, 1.807) is 11.7 Å². The fourth-order valence-corrected chi connectivity index (χ4v) is 3.38. The largest absolute Gasteiger partial charge is 0.497 e. The molecular weight excluding hydrogens is 381 g/mol. The summed E-state index contributed by atoms with van der Waals surface area (Å²) in [5, 5.41) is 8.95. The van der Waals surface area contributed by atoms with E-state index < -0.39 is 0 Å². The van der Waals surface area contributed by atoms with Gasteiger partial charge in [0.05, 0.1) is 12.9 Å². The van der Waals surface area contributed by atoms with Crippen LogP contribution in [0.5, 0.6) is 11.5 Å². The first-order valence-corrected chi connectivity index (χ1v) is 9.58. The van der Waals surface area contributed by atoms with Gasteiger partial charge in [-0.3, -0.25) is 4.79 Å². The SMILES string of the molecule is COc1ccc(OC(C)c2nnc(SCC(=O)c3ccc(F)cc3)n2C)cc1. The number of aromatic nitrogens is 3. The first-order valence-electron chi connectivity index (χ1n) is 8.59. The summed E-state index contributed by atoms with van der Waals surface area (Å²) in [7, 11) is 3.44. The van der Waals surface area contributed by atoms with Crippen LogP contribution in [0.3, 0.4) is 0 Å². The van der Waals surface area contributed by atoms with Gasteiger partial charge in [-0.1, -0.05) is 11.8 Å². The van der Waals surface area contributed by atoms with Crippen molar-refractivity contribution in [2.24, 2.45) is 7.05 Å². The topological polar surface area (TPSA) is 66.2 Å². The molecule has 2 aromatic carbocycles. The lowest BCUT2D eigenvalue weighted by atomic mass is 10.1. The maximum atomic E-state index is 13.0. The van der Waals surface area contributed by atoms with Crippen LogP contribution in [0, 0.1) is 5.82 Å². The summed E-state index contributed by atoms with van der Waals surface area (Å²) in [6.07, 6.45) is -0.326. The molecule has 1 unspecified atom stereocenters. The van der Waals surface area contributed by atoms with E-state index >= 15 is 0 Å². The maximum absolute atomic E-state index is 13.0. The molecule has 0 saturated heterocycles. The molecule has 6 nitrogen and oxygen atoms in total. The molecular formula is C20H20FN3O3S. The molecule has 0 fully saturated rings. The Balaban J connectivity index is 1.62. The number of ether oxygens (including phenoxy) is 2. The number of rotatable bonds is 8. The monoisotopic (exact) mass is 401 g/mol. The van der Waals surface area contributed by atoms with Gasteiger partial charge in [0.2, 0.25) is 0 Å². The molecule has 0 radical (unpaired) electrons. The molecule has 28 heavy (non-hydrogen) atoms. The Morgan fingerprint density at radius 1 is 1.11 bits per heavy atom. The second kappa shape index (κ2) is 8.88. The summed E-state index contributed by atoms with van der Waals surface area (Å²) in [6.45, 7) is 1.88. The van der Waals surface area contributed by atoms with E-state index in [2.05, 4.69) is 10.2 Å². The molecule has 0 aliphatic heterocycles. The van der Waals surface area contributed by atoms with Gasteiger partial charge < -0.3 is 14.0 Å². The second-order valence-corrected chi connectivity index (χ2v) is 7.00. The number of carbonyl (C=O) groups is 1. The standard InChI is InChI=1S/C20H20FN3O3S/c1-13(27-17-10-8-16(26-3)9-11-17)19-22-23-20(24(19)2)28-12-18(25)14-4-6-15(21)7-5-14/h4-11,13H,12H2,1-3H3. The highest BCUT2D eigenvalue weighted by molar-refractivity contribution is 7.99. The van der Waals surface area contributed by atoms with Crippen LogP contribution in [0.2, 0.25) is 0 Å². The highest BCUT2D eigenvalue weighted by Crippen LogP contribution is 2.25. The lowest BCUT2D eigenvalue weighted by Crippen LogP contribution is -2.10. The van der Waals surface area contributed by atoms with Crippen LogP contribution in [0.1, 0.15) is 29.2 Å². The predicted molar refractivity (Wildman–Crippen MR) is 104 cm³/mol. The summed E-state index contributed by atoms with van der Waals surface area (Å²) >= 11 is 1.28. The summed E-state index contributed by atoms with van der Waals surface area (Å²) in [5.74, 6) is 1.81. The van der Waals surface area contributed by atoms with Crippen LogP contribution >= 0.6 is 11.8 Å². The van der Waals surface area contributed by atoms with Crippen molar-refractivity contribution in [2.45, 2.75) is 18.2 Å². The van der Waals surface area contributed by atoms with Gasteiger partial charge in [-0.2, -0.15) is 0 Å². The lowest BCUT2D eigenvalue weighted by molar-refractivity contribution is 0.102. The Bertz CT molecular complexity index is 942. The minimum Gasteiger partial charge on any atom is -0.497 e. The van der Waals surface area contributed by atoms with Gasteiger partial charge in [-0.15, -0.1) is 10.2 Å². The van der Waals surface area contributed by atoms with E-state index in [1.807, 2.05) is 38.2 Å². The molecule has 1 atom stereocenters. The van der Waals surface area contributed by atoms with Crippen molar-refractivity contribution in [2.75, 3.05) is 12.9 Å². The fraction of sp³-hybridized carbons (Fsp3) is 0.250. The average Bonchev–Trinajstić information content (AvgIpc) is 3.08. The molecule has 1 heterocycles. The van der Waals surface area contributed by atoms with Crippen LogP contribution in [0.4, 0.5) is 4.39 Å². The van der Waals surface area contributed by atoms with E-state index in [9.17, 15) is 9.18 Å². The van der Waals surface area contributed by atoms with E-state index in [1.165, 1.54) is 36.0 Å². The highest BCUT2D eigenvalue weighted by atomic mass is 32.2. The van der Waals surface area contributed by atoms with Crippen LogP contribution in [-0.2, 0) is 7.05 Å². The molecule has 146 valence electrons. The molecule has 3 rings (SSSR count). The Kier molecular flexibility index (Phi) is 6.30. The molecule has 8 heteroatoms. The van der Waals surface area contributed by atoms with Crippen molar-refractivity contribution >= 4 is 17.5 Å². The van der Waals surface area contributed by atoms with E-state index in [0.717, 1.165) is 5.75 Å². The number of carbonyl (C=O) groups excluding carboxylic acids is 1. The van der Waals surface area contributed by atoms with Crippen LogP contribution < -0.4 is 9.47 Å². The quantitative estimate of drug-likeness (QED) is 0.419. The maximum Gasteiger partial charge on any atom is 0.191 e. The molecule has 0 aliphatic rings. The van der Waals surface area contributed by atoms with Gasteiger partial charge in [0.15, 0.2) is 22.9 Å². The van der Waals surface area contributed by atoms with E-state index in [-0.39, 0.29) is 23.5 Å². The fourth-order valence-electron chi connectivity index (χ4n) is 2.57. The van der Waals surface area contributed by atoms with Crippen LogP contribution in [0.15, 0.2) is 53.7 Å². The molecule has 0 N–H and O–H groups in total. The van der Waals surface area contributed by atoms with Crippen LogP contribution in [-0.4, -0.2) is 33.4 Å². The average molecular weight is 401 g/mol. The molecule has 0 saturated carbocycles. The smallest absolute Gasteiger partial charge is 0.191 e. The van der Waals surface area contributed by atoms with Crippen molar-refractivity contribution in [1.29, 1.82) is 0 Å². The first-order chi connectivity index (χ1) is 13.5. The number of hydrogen-bond acceptors (Lipinski definition) is 6. The lowest BCUT2D eigenvalue weighted by Gasteiger charge is -2.14. The minimum absolute atomic E-state index is 0.0999. The summed E-state index contributed by atoms with van der Waals surface area (Å²) in [5.41, 5.74) is 0.465. The number of thioether (sulfide) groups is 1. The molecule has 0 bridgehead atoms. The summed E-state index contributed by atoms with van der Waals surface area (Å²) in [6, 6.07) is 12.8. The second-order valence-electron chi connectivity index (χ2n) is 6.05. The minimum atomic E-state index is -0.368. The zero-order valence-electron chi connectivity index (χ0n) is 15.8. The Labute approximate surface area is 166 Å². The van der Waals surface area contributed by atoms with Gasteiger partial charge in [0.25, 0.3) is 0 Å². The van der Waals surface area contributed by atoms with Gasteiger partial charge in [0.1, 0.15) is 17.3 Å². The molecule has 3 aromatic rings.